The quantitative estimate of drug-likeness (QED) is 0.665. The molecule has 0 amide bonds. The summed E-state index contributed by atoms with van der Waals surface area (Å²) in [4.78, 5) is 6.94. The van der Waals surface area contributed by atoms with Crippen molar-refractivity contribution in [2.45, 2.75) is 20.3 Å². The standard InChI is InChI=1S/C21H23N3/c1-6-18(23(4)5)13-19-21(17-10-7-15(2)8-11-17)22-20-12-9-16(3)14-24(19)20/h7-12,14H,1,13H2,2-5H3. The molecule has 0 fully saturated rings. The Labute approximate surface area is 143 Å². The SMILES string of the molecule is C=C=C(Cc1c(-c2ccc(C)cc2)nc2ccc(C)cn12)N(C)C. The predicted molar refractivity (Wildman–Crippen MR) is 100 cm³/mol. The molecule has 0 aliphatic heterocycles. The third-order valence-corrected chi connectivity index (χ3v) is 4.27. The fraction of sp³-hybridized carbons (Fsp3) is 0.238. The summed E-state index contributed by atoms with van der Waals surface area (Å²) >= 11 is 0. The van der Waals surface area contributed by atoms with E-state index < -0.39 is 0 Å². The van der Waals surface area contributed by atoms with Crippen molar-refractivity contribution in [2.75, 3.05) is 14.1 Å². The van der Waals surface area contributed by atoms with Crippen LogP contribution in [0.2, 0.25) is 0 Å². The van der Waals surface area contributed by atoms with E-state index in [1.165, 1.54) is 11.1 Å². The number of pyridine rings is 1. The minimum atomic E-state index is 0.740. The van der Waals surface area contributed by atoms with Crippen LogP contribution in [0.15, 0.2) is 60.6 Å². The minimum absolute atomic E-state index is 0.740. The van der Waals surface area contributed by atoms with Crippen molar-refractivity contribution >= 4 is 5.65 Å². The Morgan fingerprint density at radius 2 is 1.75 bits per heavy atom. The number of benzene rings is 1. The fourth-order valence-electron chi connectivity index (χ4n) is 2.85. The Kier molecular flexibility index (Phi) is 4.28. The predicted octanol–water partition coefficient (Wildman–Crippen LogP) is 4.39. The van der Waals surface area contributed by atoms with Crippen LogP contribution in [0.3, 0.4) is 0 Å². The smallest absolute Gasteiger partial charge is 0.137 e. The van der Waals surface area contributed by atoms with Gasteiger partial charge in [0.2, 0.25) is 0 Å². The molecule has 0 atom stereocenters. The van der Waals surface area contributed by atoms with Gasteiger partial charge in [-0.2, -0.15) is 0 Å². The van der Waals surface area contributed by atoms with Crippen molar-refractivity contribution in [1.82, 2.24) is 14.3 Å². The van der Waals surface area contributed by atoms with E-state index in [2.05, 4.69) is 78.1 Å². The molecule has 3 nitrogen and oxygen atoms in total. The molecule has 0 saturated carbocycles. The first-order valence-electron chi connectivity index (χ1n) is 8.10. The van der Waals surface area contributed by atoms with Crippen molar-refractivity contribution in [3.05, 3.63) is 77.4 Å². The third-order valence-electron chi connectivity index (χ3n) is 4.27. The number of aryl methyl sites for hydroxylation is 2. The lowest BCUT2D eigenvalue weighted by atomic mass is 10.1. The third kappa shape index (κ3) is 2.99. The van der Waals surface area contributed by atoms with Gasteiger partial charge in [0.05, 0.1) is 17.1 Å². The molecule has 3 rings (SSSR count). The van der Waals surface area contributed by atoms with E-state index in [1.807, 2.05) is 14.1 Å². The average molecular weight is 317 g/mol. The molecule has 3 heteroatoms. The van der Waals surface area contributed by atoms with Crippen LogP contribution in [0.5, 0.6) is 0 Å². The summed E-state index contributed by atoms with van der Waals surface area (Å²) in [5.74, 6) is 0. The molecule has 0 spiro atoms. The number of aromatic nitrogens is 2. The molecule has 0 saturated heterocycles. The molecule has 1 aromatic carbocycles. The van der Waals surface area contributed by atoms with Crippen LogP contribution in [0.1, 0.15) is 16.8 Å². The highest BCUT2D eigenvalue weighted by Crippen LogP contribution is 2.27. The van der Waals surface area contributed by atoms with Gasteiger partial charge in [-0.25, -0.2) is 4.98 Å². The highest BCUT2D eigenvalue weighted by molar-refractivity contribution is 5.67. The van der Waals surface area contributed by atoms with E-state index in [1.54, 1.807) is 0 Å². The largest absolute Gasteiger partial charge is 0.374 e. The summed E-state index contributed by atoms with van der Waals surface area (Å²) in [6.45, 7) is 8.04. The first kappa shape index (κ1) is 16.1. The van der Waals surface area contributed by atoms with Crippen LogP contribution >= 0.6 is 0 Å². The molecule has 3 aromatic rings. The monoisotopic (exact) mass is 317 g/mol. The maximum Gasteiger partial charge on any atom is 0.137 e. The zero-order valence-corrected chi connectivity index (χ0v) is 14.8. The zero-order chi connectivity index (χ0) is 17.3. The molecular formula is C21H23N3. The first-order valence-corrected chi connectivity index (χ1v) is 8.10. The average Bonchev–Trinajstić information content (AvgIpc) is 2.90. The van der Waals surface area contributed by atoms with Crippen molar-refractivity contribution in [3.8, 4) is 11.3 Å². The summed E-state index contributed by atoms with van der Waals surface area (Å²) in [6, 6.07) is 12.7. The molecule has 0 bridgehead atoms. The highest BCUT2D eigenvalue weighted by Gasteiger charge is 2.16. The van der Waals surface area contributed by atoms with Crippen LogP contribution in [-0.4, -0.2) is 28.4 Å². The number of imidazole rings is 1. The summed E-state index contributed by atoms with van der Waals surface area (Å²) in [5, 5.41) is 0. The molecule has 24 heavy (non-hydrogen) atoms. The molecule has 0 aliphatic rings. The van der Waals surface area contributed by atoms with E-state index in [0.717, 1.165) is 34.7 Å². The van der Waals surface area contributed by atoms with Crippen LogP contribution in [0, 0.1) is 13.8 Å². The van der Waals surface area contributed by atoms with Gasteiger partial charge in [0.1, 0.15) is 5.65 Å². The molecule has 0 unspecified atom stereocenters. The second-order valence-electron chi connectivity index (χ2n) is 6.40. The first-order chi connectivity index (χ1) is 11.5. The van der Waals surface area contributed by atoms with Gasteiger partial charge in [0.25, 0.3) is 0 Å². The van der Waals surface area contributed by atoms with E-state index in [-0.39, 0.29) is 0 Å². The summed E-state index contributed by atoms with van der Waals surface area (Å²) in [7, 11) is 4.04. The number of hydrogen-bond acceptors (Lipinski definition) is 2. The molecule has 0 radical (unpaired) electrons. The van der Waals surface area contributed by atoms with Crippen LogP contribution in [-0.2, 0) is 6.42 Å². The van der Waals surface area contributed by atoms with Gasteiger partial charge in [-0.3, -0.25) is 0 Å². The highest BCUT2D eigenvalue weighted by atomic mass is 15.1. The Balaban J connectivity index is 2.22. The second-order valence-corrected chi connectivity index (χ2v) is 6.40. The van der Waals surface area contributed by atoms with Crippen LogP contribution in [0.25, 0.3) is 16.9 Å². The molecular weight excluding hydrogens is 294 g/mol. The van der Waals surface area contributed by atoms with Gasteiger partial charge < -0.3 is 9.30 Å². The molecule has 2 aromatic heterocycles. The van der Waals surface area contributed by atoms with E-state index >= 15 is 0 Å². The number of likely N-dealkylation sites (N-methyl/N-ethyl adjacent to an activating group) is 1. The minimum Gasteiger partial charge on any atom is -0.374 e. The Hall–Kier alpha value is -2.77. The van der Waals surface area contributed by atoms with E-state index in [4.69, 9.17) is 4.98 Å². The van der Waals surface area contributed by atoms with Gasteiger partial charge in [-0.15, -0.1) is 5.73 Å². The zero-order valence-electron chi connectivity index (χ0n) is 14.8. The number of hydrogen-bond donors (Lipinski definition) is 0. The molecule has 122 valence electrons. The van der Waals surface area contributed by atoms with Crippen molar-refractivity contribution in [2.24, 2.45) is 0 Å². The summed E-state index contributed by atoms with van der Waals surface area (Å²) in [6.07, 6.45) is 2.88. The van der Waals surface area contributed by atoms with Gasteiger partial charge in [-0.05, 0) is 25.5 Å². The topological polar surface area (TPSA) is 20.5 Å². The number of fused-ring (bicyclic) bond motifs is 1. The Morgan fingerprint density at radius 1 is 1.08 bits per heavy atom. The normalized spacial score (nSPS) is 10.7. The number of rotatable bonds is 4. The molecule has 0 aliphatic carbocycles. The van der Waals surface area contributed by atoms with Gasteiger partial charge in [-0.1, -0.05) is 42.5 Å². The van der Waals surface area contributed by atoms with Gasteiger partial charge in [0.15, 0.2) is 0 Å². The molecule has 0 N–H and O–H groups in total. The Morgan fingerprint density at radius 3 is 2.38 bits per heavy atom. The maximum atomic E-state index is 4.88. The lowest BCUT2D eigenvalue weighted by Gasteiger charge is -2.15. The van der Waals surface area contributed by atoms with Crippen molar-refractivity contribution in [1.29, 1.82) is 0 Å². The van der Waals surface area contributed by atoms with Crippen molar-refractivity contribution in [3.63, 3.8) is 0 Å². The van der Waals surface area contributed by atoms with Gasteiger partial charge >= 0.3 is 0 Å². The van der Waals surface area contributed by atoms with E-state index in [9.17, 15) is 0 Å². The van der Waals surface area contributed by atoms with Gasteiger partial charge in [0, 0.05) is 32.3 Å². The molecule has 2 heterocycles. The second kappa shape index (κ2) is 6.38. The maximum absolute atomic E-state index is 4.88. The summed E-state index contributed by atoms with van der Waals surface area (Å²) < 4.78 is 2.19. The fourth-order valence-corrected chi connectivity index (χ4v) is 2.85. The summed E-state index contributed by atoms with van der Waals surface area (Å²) in [5.41, 5.74) is 10.9. The number of nitrogens with zero attached hydrogens (tertiary/aromatic N) is 3. The lowest BCUT2D eigenvalue weighted by Crippen LogP contribution is -2.13. The van der Waals surface area contributed by atoms with Crippen LogP contribution in [0.4, 0.5) is 0 Å². The Bertz CT molecular complexity index is 924. The lowest BCUT2D eigenvalue weighted by molar-refractivity contribution is 0.498. The van der Waals surface area contributed by atoms with E-state index in [0.29, 0.717) is 0 Å². The van der Waals surface area contributed by atoms with Crippen LogP contribution < -0.4 is 0 Å². The van der Waals surface area contributed by atoms with Crippen molar-refractivity contribution < 1.29 is 0 Å². The number of allylic oxidation sites excluding steroid dienone is 1.